The Balaban J connectivity index is 1.57. The average molecular weight is 437 g/mol. The van der Waals surface area contributed by atoms with Gasteiger partial charge in [-0.15, -0.1) is 4.80 Å². The van der Waals surface area contributed by atoms with Gasteiger partial charge in [0.15, 0.2) is 23.6 Å². The van der Waals surface area contributed by atoms with Crippen LogP contribution < -0.4 is 4.90 Å². The Hall–Kier alpha value is -3.62. The lowest BCUT2D eigenvalue weighted by Gasteiger charge is -2.39. The topological polar surface area (TPSA) is 77.1 Å². The standard InChI is InChI=1S/C23H21F2N5O2/c1-13-7-16(12-31)22(30-26-5-6-27-30)19(8-13)29-11-15(4-3-14(29)2)23-28-21-18(25)9-17(24)10-20(21)32-23/h5-10,12,14-15H,3-4,11H2,1-2H3/t14-,15-/m1/s1. The lowest BCUT2D eigenvalue weighted by Crippen LogP contribution is -2.42. The molecule has 9 heteroatoms. The van der Waals surface area contributed by atoms with Crippen LogP contribution in [-0.4, -0.2) is 38.9 Å². The molecule has 3 heterocycles. The predicted octanol–water partition coefficient (Wildman–Crippen LogP) is 4.58. The maximum absolute atomic E-state index is 14.1. The molecule has 1 saturated heterocycles. The largest absolute Gasteiger partial charge is 0.440 e. The Morgan fingerprint density at radius 1 is 1.12 bits per heavy atom. The summed E-state index contributed by atoms with van der Waals surface area (Å²) in [5.74, 6) is -1.19. The van der Waals surface area contributed by atoms with Gasteiger partial charge in [-0.05, 0) is 44.4 Å². The average Bonchev–Trinajstić information content (AvgIpc) is 3.43. The number of hydrogen-bond acceptors (Lipinski definition) is 6. The third-order valence-corrected chi connectivity index (χ3v) is 5.98. The van der Waals surface area contributed by atoms with Crippen LogP contribution in [-0.2, 0) is 0 Å². The minimum absolute atomic E-state index is 0.0341. The Labute approximate surface area is 182 Å². The van der Waals surface area contributed by atoms with E-state index in [9.17, 15) is 13.6 Å². The molecule has 2 aromatic heterocycles. The first-order valence-corrected chi connectivity index (χ1v) is 10.4. The SMILES string of the molecule is Cc1cc(C=O)c(-n2nccn2)c(N2C[C@H](c3nc4c(F)cc(F)cc4o3)CC[C@H]2C)c1. The number of anilines is 1. The van der Waals surface area contributed by atoms with Crippen LogP contribution in [0.25, 0.3) is 16.8 Å². The van der Waals surface area contributed by atoms with Crippen LogP contribution in [0.1, 0.15) is 47.5 Å². The minimum Gasteiger partial charge on any atom is -0.440 e. The molecular formula is C23H21F2N5O2. The van der Waals surface area contributed by atoms with E-state index in [1.807, 2.05) is 13.0 Å². The van der Waals surface area contributed by atoms with E-state index >= 15 is 0 Å². The van der Waals surface area contributed by atoms with E-state index in [0.717, 1.165) is 42.5 Å². The maximum atomic E-state index is 14.1. The van der Waals surface area contributed by atoms with Gasteiger partial charge in [0.05, 0.1) is 24.0 Å². The van der Waals surface area contributed by atoms with E-state index in [0.29, 0.717) is 23.7 Å². The fraction of sp³-hybridized carbons (Fsp3) is 0.304. The number of aryl methyl sites for hydroxylation is 1. The lowest BCUT2D eigenvalue weighted by molar-refractivity contribution is 0.112. The Bertz CT molecular complexity index is 1300. The van der Waals surface area contributed by atoms with Crippen molar-refractivity contribution in [3.63, 3.8) is 0 Å². The van der Waals surface area contributed by atoms with Crippen molar-refractivity contribution in [2.45, 2.75) is 38.6 Å². The van der Waals surface area contributed by atoms with Crippen molar-refractivity contribution in [1.29, 1.82) is 0 Å². The number of piperidine rings is 1. The molecule has 0 bridgehead atoms. The summed E-state index contributed by atoms with van der Waals surface area (Å²) in [6.45, 7) is 4.58. The molecule has 4 aromatic rings. The predicted molar refractivity (Wildman–Crippen MR) is 114 cm³/mol. The summed E-state index contributed by atoms with van der Waals surface area (Å²) in [4.78, 5) is 19.8. The second kappa shape index (κ2) is 7.81. The molecular weight excluding hydrogens is 416 g/mol. The fourth-order valence-corrected chi connectivity index (χ4v) is 4.44. The first kappa shape index (κ1) is 20.3. The highest BCUT2D eigenvalue weighted by molar-refractivity contribution is 5.87. The van der Waals surface area contributed by atoms with Gasteiger partial charge in [0.1, 0.15) is 17.0 Å². The number of aromatic nitrogens is 4. The molecule has 0 spiro atoms. The van der Waals surface area contributed by atoms with Crippen molar-refractivity contribution < 1.29 is 18.0 Å². The van der Waals surface area contributed by atoms with Crippen molar-refractivity contribution in [2.75, 3.05) is 11.4 Å². The van der Waals surface area contributed by atoms with Gasteiger partial charge in [-0.25, -0.2) is 13.8 Å². The first-order chi connectivity index (χ1) is 15.4. The minimum atomic E-state index is -0.739. The van der Waals surface area contributed by atoms with Crippen LogP contribution >= 0.6 is 0 Å². The zero-order valence-corrected chi connectivity index (χ0v) is 17.6. The molecule has 2 atom stereocenters. The molecule has 0 unspecified atom stereocenters. The number of carbonyl (C=O) groups excluding carboxylic acids is 1. The molecule has 1 aliphatic rings. The van der Waals surface area contributed by atoms with E-state index in [1.54, 1.807) is 18.5 Å². The van der Waals surface area contributed by atoms with Crippen LogP contribution in [0.15, 0.2) is 41.1 Å². The normalized spacial score (nSPS) is 18.9. The van der Waals surface area contributed by atoms with Crippen LogP contribution in [0.4, 0.5) is 14.5 Å². The summed E-state index contributed by atoms with van der Waals surface area (Å²) in [6, 6.07) is 5.93. The molecule has 7 nitrogen and oxygen atoms in total. The van der Waals surface area contributed by atoms with E-state index in [1.165, 1.54) is 4.80 Å². The molecule has 1 aliphatic heterocycles. The van der Waals surface area contributed by atoms with E-state index in [4.69, 9.17) is 4.42 Å². The van der Waals surface area contributed by atoms with Crippen molar-refractivity contribution in [1.82, 2.24) is 20.0 Å². The Morgan fingerprint density at radius 2 is 1.91 bits per heavy atom. The van der Waals surface area contributed by atoms with Crippen LogP contribution in [0.5, 0.6) is 0 Å². The van der Waals surface area contributed by atoms with E-state index in [2.05, 4.69) is 27.0 Å². The molecule has 32 heavy (non-hydrogen) atoms. The molecule has 0 aliphatic carbocycles. The smallest absolute Gasteiger partial charge is 0.200 e. The molecule has 164 valence electrons. The second-order valence-electron chi connectivity index (χ2n) is 8.22. The van der Waals surface area contributed by atoms with Gasteiger partial charge in [-0.2, -0.15) is 10.2 Å². The highest BCUT2D eigenvalue weighted by Crippen LogP contribution is 2.38. The van der Waals surface area contributed by atoms with Gasteiger partial charge in [-0.1, -0.05) is 0 Å². The van der Waals surface area contributed by atoms with Gasteiger partial charge < -0.3 is 9.32 Å². The molecule has 0 saturated carbocycles. The number of oxazole rings is 1. The van der Waals surface area contributed by atoms with Crippen molar-refractivity contribution in [3.05, 3.63) is 65.3 Å². The summed E-state index contributed by atoms with van der Waals surface area (Å²) >= 11 is 0. The Kier molecular flexibility index (Phi) is 4.96. The molecule has 5 rings (SSSR count). The third-order valence-electron chi connectivity index (χ3n) is 5.98. The van der Waals surface area contributed by atoms with Crippen LogP contribution in [0.3, 0.4) is 0 Å². The number of carbonyl (C=O) groups is 1. The van der Waals surface area contributed by atoms with Crippen LogP contribution in [0.2, 0.25) is 0 Å². The molecule has 0 radical (unpaired) electrons. The summed E-state index contributed by atoms with van der Waals surface area (Å²) in [5, 5.41) is 8.48. The van der Waals surface area contributed by atoms with Crippen molar-refractivity contribution in [2.24, 2.45) is 0 Å². The second-order valence-corrected chi connectivity index (χ2v) is 8.22. The van der Waals surface area contributed by atoms with Crippen molar-refractivity contribution in [3.8, 4) is 5.69 Å². The lowest BCUT2D eigenvalue weighted by atomic mass is 9.92. The van der Waals surface area contributed by atoms with E-state index < -0.39 is 11.6 Å². The summed E-state index contributed by atoms with van der Waals surface area (Å²) < 4.78 is 33.5. The van der Waals surface area contributed by atoms with Crippen molar-refractivity contribution >= 4 is 23.1 Å². The molecule has 0 amide bonds. The van der Waals surface area contributed by atoms with Gasteiger partial charge in [0.25, 0.3) is 0 Å². The number of hydrogen-bond donors (Lipinski definition) is 0. The monoisotopic (exact) mass is 437 g/mol. The number of fused-ring (bicyclic) bond motifs is 1. The maximum Gasteiger partial charge on any atom is 0.200 e. The Morgan fingerprint density at radius 3 is 2.66 bits per heavy atom. The highest BCUT2D eigenvalue weighted by Gasteiger charge is 2.32. The fourth-order valence-electron chi connectivity index (χ4n) is 4.44. The highest BCUT2D eigenvalue weighted by atomic mass is 19.1. The first-order valence-electron chi connectivity index (χ1n) is 10.4. The van der Waals surface area contributed by atoms with Gasteiger partial charge in [0, 0.05) is 30.3 Å². The summed E-state index contributed by atoms with van der Waals surface area (Å²) in [7, 11) is 0. The summed E-state index contributed by atoms with van der Waals surface area (Å²) in [6.07, 6.45) is 5.55. The number of aldehydes is 1. The van der Waals surface area contributed by atoms with Gasteiger partial charge in [0.2, 0.25) is 0 Å². The molecule has 0 N–H and O–H groups in total. The number of rotatable bonds is 4. The number of nitrogens with zero attached hydrogens (tertiary/aromatic N) is 5. The zero-order chi connectivity index (χ0) is 22.4. The number of benzene rings is 2. The quantitative estimate of drug-likeness (QED) is 0.435. The number of halogens is 2. The molecule has 1 fully saturated rings. The summed E-state index contributed by atoms with van der Waals surface area (Å²) in [5.41, 5.74) is 2.99. The molecule has 2 aromatic carbocycles. The van der Waals surface area contributed by atoms with Gasteiger partial charge >= 0.3 is 0 Å². The third kappa shape index (κ3) is 3.43. The van der Waals surface area contributed by atoms with Gasteiger partial charge in [-0.3, -0.25) is 4.79 Å². The zero-order valence-electron chi connectivity index (χ0n) is 17.6. The van der Waals surface area contributed by atoms with Crippen LogP contribution in [0, 0.1) is 18.6 Å². The van der Waals surface area contributed by atoms with E-state index in [-0.39, 0.29) is 23.1 Å².